The van der Waals surface area contributed by atoms with Crippen LogP contribution in [-0.4, -0.2) is 34.6 Å². The van der Waals surface area contributed by atoms with Crippen molar-refractivity contribution in [1.29, 1.82) is 5.26 Å². The summed E-state index contributed by atoms with van der Waals surface area (Å²) < 4.78 is 0.751. The maximum absolute atomic E-state index is 9.09. The second-order valence-electron chi connectivity index (χ2n) is 6.06. The van der Waals surface area contributed by atoms with Gasteiger partial charge < -0.3 is 21.5 Å². The third-order valence-electron chi connectivity index (χ3n) is 3.92. The van der Waals surface area contributed by atoms with Crippen LogP contribution in [-0.2, 0) is 0 Å². The minimum absolute atomic E-state index is 0.0270. The molecule has 0 spiro atoms. The molecule has 0 saturated carbocycles. The molecule has 0 atom stereocenters. The van der Waals surface area contributed by atoms with Crippen molar-refractivity contribution in [3.05, 3.63) is 64.2 Å². The van der Waals surface area contributed by atoms with Crippen LogP contribution in [0.2, 0.25) is 10.0 Å². The van der Waals surface area contributed by atoms with Crippen LogP contribution in [0.3, 0.4) is 0 Å². The summed E-state index contributed by atoms with van der Waals surface area (Å²) in [6.45, 7) is 4.19. The fourth-order valence-electron chi connectivity index (χ4n) is 2.63. The average molecular weight is 474 g/mol. The van der Waals surface area contributed by atoms with Gasteiger partial charge in [-0.2, -0.15) is 5.26 Å². The van der Waals surface area contributed by atoms with Crippen molar-refractivity contribution in [2.45, 2.75) is 0 Å². The number of rotatable bonds is 8. The number of aliphatic hydroxyl groups excluding tert-OH is 1. The molecule has 2 heterocycles. The van der Waals surface area contributed by atoms with E-state index in [0.29, 0.717) is 55.6 Å². The highest BCUT2D eigenvalue weighted by atomic mass is 35.5. The monoisotopic (exact) mass is 473 g/mol. The first-order valence-electron chi connectivity index (χ1n) is 8.88. The lowest BCUT2D eigenvalue weighted by Gasteiger charge is -2.08. The Morgan fingerprint density at radius 3 is 2.77 bits per heavy atom. The second kappa shape index (κ2) is 10.2. The summed E-state index contributed by atoms with van der Waals surface area (Å²) in [4.78, 5) is 13.1. The number of nitrogens with zero attached hydrogens (tertiary/aromatic N) is 4. The van der Waals surface area contributed by atoms with Crippen molar-refractivity contribution in [2.75, 3.05) is 18.5 Å². The number of nitrogens with two attached hydrogens (primary N) is 1. The molecule has 0 aliphatic carbocycles. The number of nitriles is 1. The van der Waals surface area contributed by atoms with Crippen molar-refractivity contribution >= 4 is 56.9 Å². The molecule has 1 aromatic carbocycles. The number of hydrogen-bond acceptors (Lipinski definition) is 8. The van der Waals surface area contributed by atoms with Crippen molar-refractivity contribution in [1.82, 2.24) is 15.3 Å². The van der Waals surface area contributed by atoms with E-state index in [1.165, 1.54) is 11.3 Å². The topological polar surface area (TPSA) is 132 Å². The maximum atomic E-state index is 9.09. The first-order valence-corrected chi connectivity index (χ1v) is 10.5. The molecule has 3 rings (SSSR count). The normalized spacial score (nSPS) is 11.6. The number of hydrogen-bond donors (Lipinski definition) is 4. The summed E-state index contributed by atoms with van der Waals surface area (Å²) in [5.74, 6) is 0.899. The zero-order chi connectivity index (χ0) is 22.4. The molecule has 0 aliphatic heterocycles. The number of thiazole rings is 1. The van der Waals surface area contributed by atoms with Gasteiger partial charge in [0.25, 0.3) is 0 Å². The number of anilines is 1. The summed E-state index contributed by atoms with van der Waals surface area (Å²) in [6, 6.07) is 6.89. The molecule has 5 N–H and O–H groups in total. The van der Waals surface area contributed by atoms with E-state index in [-0.39, 0.29) is 6.61 Å². The average Bonchev–Trinajstić information content (AvgIpc) is 3.16. The lowest BCUT2D eigenvalue weighted by atomic mass is 10.1. The predicted molar refractivity (Wildman–Crippen MR) is 126 cm³/mol. The minimum atomic E-state index is -0.0270. The number of pyridine rings is 1. The van der Waals surface area contributed by atoms with Gasteiger partial charge in [-0.05, 0) is 18.2 Å². The SMILES string of the molecule is C=C(/C=C(\N=CN)Nc1nccc2nc(-c3c(Cl)cc(C#N)cc3Cl)sc12)NCCO. The van der Waals surface area contributed by atoms with Gasteiger partial charge in [0.2, 0.25) is 0 Å². The van der Waals surface area contributed by atoms with E-state index < -0.39 is 0 Å². The fraction of sp³-hybridized carbons (Fsp3) is 0.100. The van der Waals surface area contributed by atoms with Gasteiger partial charge >= 0.3 is 0 Å². The molecule has 0 saturated heterocycles. The number of aliphatic hydroxyl groups is 1. The standard InChI is InChI=1S/C20H17Cl2N7OS/c1-11(25-4-5-30)6-16(27-10-24)29-19-18-15(2-3-26-19)28-20(31-18)17-13(21)7-12(9-23)8-14(17)22/h2-3,6-8,10,25,30H,1,4-5H2,(H2,24,27)(H,26,29)/b16-6+. The molecule has 0 radical (unpaired) electrons. The van der Waals surface area contributed by atoms with E-state index in [1.54, 1.807) is 30.5 Å². The lowest BCUT2D eigenvalue weighted by Crippen LogP contribution is -2.16. The van der Waals surface area contributed by atoms with Gasteiger partial charge in [-0.3, -0.25) is 0 Å². The summed E-state index contributed by atoms with van der Waals surface area (Å²) in [5, 5.41) is 25.3. The van der Waals surface area contributed by atoms with Crippen molar-refractivity contribution in [3.63, 3.8) is 0 Å². The largest absolute Gasteiger partial charge is 0.395 e. The number of benzene rings is 1. The molecule has 2 aromatic heterocycles. The molecule has 0 fully saturated rings. The smallest absolute Gasteiger partial charge is 0.151 e. The third-order valence-corrected chi connectivity index (χ3v) is 5.62. The van der Waals surface area contributed by atoms with Gasteiger partial charge in [-0.1, -0.05) is 29.8 Å². The minimum Gasteiger partial charge on any atom is -0.395 e. The van der Waals surface area contributed by atoms with Crippen LogP contribution >= 0.6 is 34.5 Å². The Hall–Kier alpha value is -3.16. The van der Waals surface area contributed by atoms with Gasteiger partial charge in [-0.25, -0.2) is 15.0 Å². The first-order chi connectivity index (χ1) is 15.0. The Morgan fingerprint density at radius 2 is 2.13 bits per heavy atom. The Balaban J connectivity index is 2.01. The van der Waals surface area contributed by atoms with E-state index in [4.69, 9.17) is 39.3 Å². The molecule has 31 heavy (non-hydrogen) atoms. The molecule has 158 valence electrons. The molecule has 0 bridgehead atoms. The lowest BCUT2D eigenvalue weighted by molar-refractivity contribution is 0.297. The van der Waals surface area contributed by atoms with Crippen LogP contribution in [0.4, 0.5) is 5.82 Å². The van der Waals surface area contributed by atoms with Gasteiger partial charge in [0, 0.05) is 30.1 Å². The second-order valence-corrected chi connectivity index (χ2v) is 7.88. The van der Waals surface area contributed by atoms with E-state index in [9.17, 15) is 0 Å². The van der Waals surface area contributed by atoms with Gasteiger partial charge in [0.1, 0.15) is 10.8 Å². The summed E-state index contributed by atoms with van der Waals surface area (Å²) in [6.07, 6.45) is 4.39. The number of aliphatic imine (C=N–C) groups is 1. The summed E-state index contributed by atoms with van der Waals surface area (Å²) in [5.41, 5.74) is 7.60. The molecule has 11 heteroatoms. The number of aromatic nitrogens is 2. The number of allylic oxidation sites excluding steroid dienone is 1. The molecular formula is C20H17Cl2N7OS. The third kappa shape index (κ3) is 5.31. The Bertz CT molecular complexity index is 1210. The predicted octanol–water partition coefficient (Wildman–Crippen LogP) is 3.87. The molecule has 8 nitrogen and oxygen atoms in total. The van der Waals surface area contributed by atoms with E-state index in [1.807, 2.05) is 6.07 Å². The van der Waals surface area contributed by atoms with Crippen molar-refractivity contribution in [2.24, 2.45) is 10.7 Å². The Labute approximate surface area is 192 Å². The highest BCUT2D eigenvalue weighted by Gasteiger charge is 2.17. The van der Waals surface area contributed by atoms with Crippen LogP contribution in [0.5, 0.6) is 0 Å². The number of halogens is 2. The van der Waals surface area contributed by atoms with Crippen molar-refractivity contribution in [3.8, 4) is 16.6 Å². The van der Waals surface area contributed by atoms with E-state index >= 15 is 0 Å². The van der Waals surface area contributed by atoms with Crippen LogP contribution in [0, 0.1) is 11.3 Å². The highest BCUT2D eigenvalue weighted by Crippen LogP contribution is 2.41. The van der Waals surface area contributed by atoms with Crippen LogP contribution < -0.4 is 16.4 Å². The molecule has 0 unspecified atom stereocenters. The van der Waals surface area contributed by atoms with Crippen LogP contribution in [0.15, 0.2) is 53.6 Å². The summed E-state index contributed by atoms with van der Waals surface area (Å²) in [7, 11) is 0. The Morgan fingerprint density at radius 1 is 1.39 bits per heavy atom. The zero-order valence-corrected chi connectivity index (χ0v) is 18.4. The zero-order valence-electron chi connectivity index (χ0n) is 16.1. The quantitative estimate of drug-likeness (QED) is 0.221. The number of fused-ring (bicyclic) bond motifs is 1. The molecular weight excluding hydrogens is 457 g/mol. The van der Waals surface area contributed by atoms with Crippen LogP contribution in [0.25, 0.3) is 20.8 Å². The van der Waals surface area contributed by atoms with Gasteiger partial charge in [-0.15, -0.1) is 11.3 Å². The van der Waals surface area contributed by atoms with E-state index in [0.717, 1.165) is 11.0 Å². The van der Waals surface area contributed by atoms with Crippen molar-refractivity contribution < 1.29 is 5.11 Å². The molecule has 0 aliphatic rings. The van der Waals surface area contributed by atoms with Gasteiger partial charge in [0.05, 0.1) is 44.8 Å². The Kier molecular flexibility index (Phi) is 7.44. The molecule has 3 aromatic rings. The van der Waals surface area contributed by atoms with Crippen LogP contribution in [0.1, 0.15) is 5.56 Å². The van der Waals surface area contributed by atoms with Gasteiger partial charge in [0.15, 0.2) is 5.82 Å². The molecule has 0 amide bonds. The first kappa shape index (κ1) is 22.5. The maximum Gasteiger partial charge on any atom is 0.151 e. The number of nitrogens with one attached hydrogen (secondary N) is 2. The fourth-order valence-corrected chi connectivity index (χ4v) is 4.49. The summed E-state index contributed by atoms with van der Waals surface area (Å²) >= 11 is 14.1. The highest BCUT2D eigenvalue weighted by molar-refractivity contribution is 7.22. The van der Waals surface area contributed by atoms with E-state index in [2.05, 4.69) is 32.2 Å².